The number of thiazole rings is 1. The van der Waals surface area contributed by atoms with Crippen LogP contribution in [-0.4, -0.2) is 30.3 Å². The van der Waals surface area contributed by atoms with Crippen molar-refractivity contribution < 1.29 is 27.4 Å². The molecule has 1 amide bonds. The highest BCUT2D eigenvalue weighted by Gasteiger charge is 2.30. The summed E-state index contributed by atoms with van der Waals surface area (Å²) < 4.78 is 50.1. The van der Waals surface area contributed by atoms with Gasteiger partial charge in [0.15, 0.2) is 23.2 Å². The number of carbonyl (C=O) groups is 1. The number of carbonyl (C=O) groups excluding carboxylic acids is 1. The Morgan fingerprint density at radius 2 is 2.06 bits per heavy atom. The molecule has 0 spiro atoms. The lowest BCUT2D eigenvalue weighted by molar-refractivity contribution is -0.137. The molecule has 0 aliphatic carbocycles. The maximum absolute atomic E-state index is 12.9. The van der Waals surface area contributed by atoms with E-state index in [1.54, 1.807) is 17.5 Å². The third-order valence-corrected chi connectivity index (χ3v) is 5.88. The average Bonchev–Trinajstić information content (AvgIpc) is 3.26. The first-order valence-electron chi connectivity index (χ1n) is 10.4. The van der Waals surface area contributed by atoms with Gasteiger partial charge in [-0.1, -0.05) is 6.07 Å². The maximum atomic E-state index is 12.9. The number of nitriles is 1. The molecule has 188 valence electrons. The van der Waals surface area contributed by atoms with E-state index in [9.17, 15) is 18.0 Å². The number of amides is 1. The molecule has 0 unspecified atom stereocenters. The van der Waals surface area contributed by atoms with Gasteiger partial charge in [0.25, 0.3) is 0 Å². The van der Waals surface area contributed by atoms with Crippen LogP contribution < -0.4 is 20.2 Å². The molecule has 3 aromatic rings. The van der Waals surface area contributed by atoms with Gasteiger partial charge < -0.3 is 14.8 Å². The minimum Gasteiger partial charge on any atom is -0.490 e. The summed E-state index contributed by atoms with van der Waals surface area (Å²) in [5.74, 6) is 0.383. The van der Waals surface area contributed by atoms with Crippen LogP contribution in [0.1, 0.15) is 23.7 Å². The van der Waals surface area contributed by atoms with E-state index in [-0.39, 0.29) is 18.7 Å². The Hall–Kier alpha value is -3.63. The third-order valence-electron chi connectivity index (χ3n) is 4.38. The van der Waals surface area contributed by atoms with Gasteiger partial charge in [-0.05, 0) is 53.2 Å². The van der Waals surface area contributed by atoms with Crippen molar-refractivity contribution in [2.75, 3.05) is 18.5 Å². The number of halogens is 4. The number of aromatic nitrogens is 1. The van der Waals surface area contributed by atoms with Crippen LogP contribution in [0.25, 0.3) is 0 Å². The van der Waals surface area contributed by atoms with E-state index < -0.39 is 17.6 Å². The molecule has 3 rings (SSSR count). The number of nitrogens with zero attached hydrogens (tertiary/aromatic N) is 3. The third kappa shape index (κ3) is 7.69. The Balaban J connectivity index is 1.59. The van der Waals surface area contributed by atoms with E-state index in [1.165, 1.54) is 18.3 Å². The first kappa shape index (κ1) is 27.0. The van der Waals surface area contributed by atoms with Crippen LogP contribution in [0, 0.1) is 11.3 Å². The number of alkyl halides is 3. The van der Waals surface area contributed by atoms with E-state index in [0.717, 1.165) is 23.5 Å². The molecule has 0 aliphatic rings. The van der Waals surface area contributed by atoms with Gasteiger partial charge in [-0.2, -0.15) is 23.5 Å². The van der Waals surface area contributed by atoms with Gasteiger partial charge in [0.1, 0.15) is 6.07 Å². The summed E-state index contributed by atoms with van der Waals surface area (Å²) in [6, 6.07) is 9.95. The molecule has 2 aromatic carbocycles. The Morgan fingerprint density at radius 1 is 1.28 bits per heavy atom. The molecule has 0 atom stereocenters. The highest BCUT2D eigenvalue weighted by molar-refractivity contribution is 9.10. The Labute approximate surface area is 216 Å². The summed E-state index contributed by atoms with van der Waals surface area (Å²) in [5.41, 5.74) is 2.90. The first-order chi connectivity index (χ1) is 17.2. The topological polar surface area (TPSA) is 109 Å². The molecule has 0 saturated heterocycles. The monoisotopic (exact) mass is 581 g/mol. The van der Waals surface area contributed by atoms with Crippen molar-refractivity contribution in [3.8, 4) is 17.6 Å². The highest BCUT2D eigenvalue weighted by Crippen LogP contribution is 2.33. The van der Waals surface area contributed by atoms with Crippen LogP contribution in [0.15, 0.2) is 51.4 Å². The van der Waals surface area contributed by atoms with Gasteiger partial charge in [0.05, 0.1) is 30.5 Å². The standard InChI is InChI=1S/C23H19BrF3N5O3S/c1-2-34-19-8-14(18(24)11-20(19)35-7-6-28)12-29-32-21(33)10-17-13-36-22(31-17)30-16-5-3-4-15(9-16)23(25,26)27/h3-5,8-9,11-13H,2,7,10H2,1H3,(H,30,31)(H,32,33)/b29-12-. The number of hydrogen-bond acceptors (Lipinski definition) is 8. The molecular weight excluding hydrogens is 563 g/mol. The van der Waals surface area contributed by atoms with E-state index in [2.05, 4.69) is 36.8 Å². The van der Waals surface area contributed by atoms with Crippen molar-refractivity contribution in [1.82, 2.24) is 10.4 Å². The second-order valence-electron chi connectivity index (χ2n) is 7.02. The Bertz CT molecular complexity index is 1290. The molecule has 0 radical (unpaired) electrons. The second kappa shape index (κ2) is 12.4. The molecule has 1 heterocycles. The number of hydrazone groups is 1. The van der Waals surface area contributed by atoms with Gasteiger partial charge in [0.2, 0.25) is 5.91 Å². The molecule has 0 fully saturated rings. The summed E-state index contributed by atoms with van der Waals surface area (Å²) in [7, 11) is 0. The fourth-order valence-electron chi connectivity index (χ4n) is 2.86. The van der Waals surface area contributed by atoms with Gasteiger partial charge in [-0.15, -0.1) is 11.3 Å². The van der Waals surface area contributed by atoms with Crippen LogP contribution in [0.4, 0.5) is 24.0 Å². The minimum absolute atomic E-state index is 0.0790. The predicted molar refractivity (Wildman–Crippen MR) is 133 cm³/mol. The van der Waals surface area contributed by atoms with Crippen LogP contribution in [0.5, 0.6) is 11.5 Å². The molecular formula is C23H19BrF3N5O3S. The van der Waals surface area contributed by atoms with Crippen molar-refractivity contribution in [1.29, 1.82) is 5.26 Å². The van der Waals surface area contributed by atoms with Crippen LogP contribution in [0.2, 0.25) is 0 Å². The number of nitrogens with one attached hydrogen (secondary N) is 2. The predicted octanol–water partition coefficient (Wildman–Crippen LogP) is 5.66. The number of hydrogen-bond donors (Lipinski definition) is 2. The average molecular weight is 582 g/mol. The fourth-order valence-corrected chi connectivity index (χ4v) is 4.02. The Kier molecular flexibility index (Phi) is 9.26. The molecule has 2 N–H and O–H groups in total. The summed E-state index contributed by atoms with van der Waals surface area (Å²) in [4.78, 5) is 16.5. The smallest absolute Gasteiger partial charge is 0.416 e. The second-order valence-corrected chi connectivity index (χ2v) is 8.73. The molecule has 0 saturated carbocycles. The highest BCUT2D eigenvalue weighted by atomic mass is 79.9. The zero-order valence-electron chi connectivity index (χ0n) is 18.7. The molecule has 1 aromatic heterocycles. The van der Waals surface area contributed by atoms with Crippen molar-refractivity contribution in [3.63, 3.8) is 0 Å². The number of benzene rings is 2. The lowest BCUT2D eigenvalue weighted by Gasteiger charge is -2.12. The van der Waals surface area contributed by atoms with Gasteiger partial charge >= 0.3 is 6.18 Å². The van der Waals surface area contributed by atoms with Crippen molar-refractivity contribution in [3.05, 3.63) is 63.1 Å². The van der Waals surface area contributed by atoms with Crippen molar-refractivity contribution >= 4 is 50.2 Å². The zero-order chi connectivity index (χ0) is 26.1. The van der Waals surface area contributed by atoms with Crippen LogP contribution in [0.3, 0.4) is 0 Å². The normalized spacial score (nSPS) is 11.2. The lowest BCUT2D eigenvalue weighted by Crippen LogP contribution is -2.20. The quantitative estimate of drug-likeness (QED) is 0.236. The largest absolute Gasteiger partial charge is 0.490 e. The SMILES string of the molecule is CCOc1cc(/C=N\NC(=O)Cc2csc(Nc3cccc(C(F)(F)F)c3)n2)c(Br)cc1OCC#N. The fraction of sp³-hybridized carbons (Fsp3) is 0.217. The van der Waals surface area contributed by atoms with E-state index in [4.69, 9.17) is 14.7 Å². The molecule has 0 bridgehead atoms. The van der Waals surface area contributed by atoms with Gasteiger partial charge in [-0.25, -0.2) is 10.4 Å². The van der Waals surface area contributed by atoms with Gasteiger partial charge in [-0.3, -0.25) is 4.79 Å². The van der Waals surface area contributed by atoms with Crippen molar-refractivity contribution in [2.24, 2.45) is 5.10 Å². The molecule has 36 heavy (non-hydrogen) atoms. The lowest BCUT2D eigenvalue weighted by atomic mass is 10.2. The number of rotatable bonds is 10. The van der Waals surface area contributed by atoms with E-state index in [1.807, 2.05) is 13.0 Å². The number of anilines is 2. The van der Waals surface area contributed by atoms with E-state index in [0.29, 0.717) is 39.0 Å². The van der Waals surface area contributed by atoms with Crippen LogP contribution in [-0.2, 0) is 17.4 Å². The summed E-state index contributed by atoms with van der Waals surface area (Å²) in [5, 5.41) is 17.5. The Morgan fingerprint density at radius 3 is 2.78 bits per heavy atom. The summed E-state index contributed by atoms with van der Waals surface area (Å²) in [6.07, 6.45) is -3.11. The number of ether oxygens (including phenoxy) is 2. The van der Waals surface area contributed by atoms with Crippen molar-refractivity contribution in [2.45, 2.75) is 19.5 Å². The summed E-state index contributed by atoms with van der Waals surface area (Å²) in [6.45, 7) is 2.06. The molecule has 13 heteroatoms. The zero-order valence-corrected chi connectivity index (χ0v) is 21.1. The van der Waals surface area contributed by atoms with Gasteiger partial charge in [0, 0.05) is 21.1 Å². The maximum Gasteiger partial charge on any atom is 0.416 e. The van der Waals surface area contributed by atoms with Crippen LogP contribution >= 0.6 is 27.3 Å². The summed E-state index contributed by atoms with van der Waals surface area (Å²) >= 11 is 4.55. The van der Waals surface area contributed by atoms with E-state index >= 15 is 0 Å². The minimum atomic E-state index is -4.45. The molecule has 0 aliphatic heterocycles. The molecule has 8 nitrogen and oxygen atoms in total. The first-order valence-corrected chi connectivity index (χ1v) is 12.0.